The highest BCUT2D eigenvalue weighted by atomic mass is 32.2. The van der Waals surface area contributed by atoms with Crippen molar-refractivity contribution in [1.82, 2.24) is 9.55 Å². The summed E-state index contributed by atoms with van der Waals surface area (Å²) in [6.45, 7) is 1.73. The van der Waals surface area contributed by atoms with Crippen LogP contribution in [0.25, 0.3) is 11.3 Å². The lowest BCUT2D eigenvalue weighted by molar-refractivity contribution is -0.396. The van der Waals surface area contributed by atoms with Gasteiger partial charge in [-0.1, -0.05) is 29.8 Å². The standard InChI is InChI=1S/C18H16N4O7S/c1-12-3-5-13(6-4-12)15-10-20(11-29-2)18(19-15)30(27,28)17-8-7-14(21(23)24)9-16(17)22(25)26/h3-10H,11H2,1-2H3. The maximum absolute atomic E-state index is 13.2. The van der Waals surface area contributed by atoms with Crippen molar-refractivity contribution < 1.29 is 23.0 Å². The van der Waals surface area contributed by atoms with Gasteiger partial charge in [0.2, 0.25) is 15.0 Å². The summed E-state index contributed by atoms with van der Waals surface area (Å²) >= 11 is 0. The molecule has 1 aromatic heterocycles. The summed E-state index contributed by atoms with van der Waals surface area (Å²) in [5.41, 5.74) is 0.471. The molecule has 0 radical (unpaired) electrons. The van der Waals surface area contributed by atoms with E-state index >= 15 is 0 Å². The number of aromatic nitrogens is 2. The van der Waals surface area contributed by atoms with Crippen molar-refractivity contribution in [3.8, 4) is 11.3 Å². The lowest BCUT2D eigenvalue weighted by Crippen LogP contribution is -2.13. The van der Waals surface area contributed by atoms with Gasteiger partial charge in [-0.05, 0) is 13.0 Å². The third kappa shape index (κ3) is 3.90. The number of nitro benzene ring substituents is 2. The van der Waals surface area contributed by atoms with E-state index in [9.17, 15) is 28.6 Å². The predicted molar refractivity (Wildman–Crippen MR) is 105 cm³/mol. The van der Waals surface area contributed by atoms with E-state index in [0.29, 0.717) is 17.3 Å². The normalized spacial score (nSPS) is 11.4. The first-order chi connectivity index (χ1) is 14.1. The van der Waals surface area contributed by atoms with Crippen molar-refractivity contribution in [2.45, 2.75) is 23.7 Å². The van der Waals surface area contributed by atoms with Crippen molar-refractivity contribution in [3.63, 3.8) is 0 Å². The Bertz CT molecular complexity index is 1230. The van der Waals surface area contributed by atoms with E-state index in [-0.39, 0.29) is 6.73 Å². The number of benzene rings is 2. The zero-order chi connectivity index (χ0) is 22.1. The van der Waals surface area contributed by atoms with Crippen molar-refractivity contribution in [2.75, 3.05) is 7.11 Å². The van der Waals surface area contributed by atoms with E-state index in [4.69, 9.17) is 4.74 Å². The van der Waals surface area contributed by atoms with Crippen LogP contribution in [0, 0.1) is 27.2 Å². The first-order valence-corrected chi connectivity index (χ1v) is 9.94. The number of sulfone groups is 1. The molecule has 2 aromatic carbocycles. The Morgan fingerprint density at radius 1 is 1.07 bits per heavy atom. The Hall–Kier alpha value is -3.64. The number of ether oxygens (including phenoxy) is 1. The third-order valence-corrected chi connectivity index (χ3v) is 5.97. The third-order valence-electron chi connectivity index (χ3n) is 4.24. The van der Waals surface area contributed by atoms with Crippen LogP contribution in [0.1, 0.15) is 5.56 Å². The summed E-state index contributed by atoms with van der Waals surface area (Å²) in [7, 11) is -3.14. The van der Waals surface area contributed by atoms with Crippen LogP contribution in [0.4, 0.5) is 11.4 Å². The average molecular weight is 432 g/mol. The molecule has 0 aliphatic rings. The Balaban J connectivity index is 2.20. The molecule has 0 atom stereocenters. The summed E-state index contributed by atoms with van der Waals surface area (Å²) in [6, 6.07) is 9.53. The van der Waals surface area contributed by atoms with Gasteiger partial charge in [-0.15, -0.1) is 0 Å². The fourth-order valence-electron chi connectivity index (χ4n) is 2.80. The quantitative estimate of drug-likeness (QED) is 0.408. The lowest BCUT2D eigenvalue weighted by Gasteiger charge is -2.07. The molecular formula is C18H16N4O7S. The monoisotopic (exact) mass is 432 g/mol. The first kappa shape index (κ1) is 21.1. The number of rotatable bonds is 7. The summed E-state index contributed by atoms with van der Waals surface area (Å²) in [5.74, 6) is 0. The number of hydrogen-bond donors (Lipinski definition) is 0. The van der Waals surface area contributed by atoms with Gasteiger partial charge in [0.05, 0.1) is 21.6 Å². The molecule has 30 heavy (non-hydrogen) atoms. The second-order valence-electron chi connectivity index (χ2n) is 6.33. The van der Waals surface area contributed by atoms with E-state index in [1.807, 2.05) is 19.1 Å². The summed E-state index contributed by atoms with van der Waals surface area (Å²) in [4.78, 5) is 24.0. The van der Waals surface area contributed by atoms with Gasteiger partial charge in [0.25, 0.3) is 11.4 Å². The Morgan fingerprint density at radius 3 is 2.30 bits per heavy atom. The molecule has 0 amide bonds. The van der Waals surface area contributed by atoms with Crippen LogP contribution >= 0.6 is 0 Å². The average Bonchev–Trinajstić information content (AvgIpc) is 3.13. The smallest absolute Gasteiger partial charge is 0.295 e. The fraction of sp³-hybridized carbons (Fsp3) is 0.167. The summed E-state index contributed by atoms with van der Waals surface area (Å²) < 4.78 is 32.7. The molecule has 11 nitrogen and oxygen atoms in total. The zero-order valence-electron chi connectivity index (χ0n) is 15.9. The molecule has 0 bridgehead atoms. The molecule has 0 aliphatic heterocycles. The van der Waals surface area contributed by atoms with E-state index in [1.54, 1.807) is 12.1 Å². The SMILES string of the molecule is COCn1cc(-c2ccc(C)cc2)nc1S(=O)(=O)c1ccc([N+](=O)[O-])cc1[N+](=O)[O-]. The van der Waals surface area contributed by atoms with Crippen LogP contribution in [-0.4, -0.2) is 34.9 Å². The number of hydrogen-bond acceptors (Lipinski definition) is 8. The van der Waals surface area contributed by atoms with Crippen LogP contribution in [-0.2, 0) is 21.3 Å². The van der Waals surface area contributed by atoms with Gasteiger partial charge in [0.1, 0.15) is 6.73 Å². The van der Waals surface area contributed by atoms with Gasteiger partial charge in [-0.25, -0.2) is 13.4 Å². The number of nitrogens with zero attached hydrogens (tertiary/aromatic N) is 4. The van der Waals surface area contributed by atoms with Crippen LogP contribution in [0.2, 0.25) is 0 Å². The molecule has 0 spiro atoms. The second kappa shape index (κ2) is 8.00. The van der Waals surface area contributed by atoms with Gasteiger partial charge in [0.15, 0.2) is 4.90 Å². The van der Waals surface area contributed by atoms with E-state index < -0.39 is 41.1 Å². The molecule has 0 unspecified atom stereocenters. The molecule has 0 aliphatic carbocycles. The topological polar surface area (TPSA) is 147 Å². The number of non-ortho nitro benzene ring substituents is 1. The molecule has 3 aromatic rings. The Morgan fingerprint density at radius 2 is 1.73 bits per heavy atom. The summed E-state index contributed by atoms with van der Waals surface area (Å²) in [6.07, 6.45) is 1.46. The molecule has 1 heterocycles. The van der Waals surface area contributed by atoms with E-state index in [1.165, 1.54) is 17.9 Å². The highest BCUT2D eigenvalue weighted by molar-refractivity contribution is 7.91. The van der Waals surface area contributed by atoms with Gasteiger partial charge in [0, 0.05) is 24.9 Å². The maximum Gasteiger partial charge on any atom is 0.295 e. The van der Waals surface area contributed by atoms with Crippen LogP contribution in [0.3, 0.4) is 0 Å². The molecule has 3 rings (SSSR count). The van der Waals surface area contributed by atoms with Crippen LogP contribution in [0.15, 0.2) is 58.7 Å². The number of methoxy groups -OCH3 is 1. The fourth-order valence-corrected chi connectivity index (χ4v) is 4.28. The van der Waals surface area contributed by atoms with E-state index in [2.05, 4.69) is 4.98 Å². The van der Waals surface area contributed by atoms with Crippen molar-refractivity contribution in [1.29, 1.82) is 0 Å². The molecule has 0 saturated carbocycles. The molecule has 12 heteroatoms. The molecule has 156 valence electrons. The largest absolute Gasteiger partial charge is 0.364 e. The van der Waals surface area contributed by atoms with Gasteiger partial charge in [-0.3, -0.25) is 24.8 Å². The van der Waals surface area contributed by atoms with Crippen molar-refractivity contribution >= 4 is 21.2 Å². The number of nitro groups is 2. The number of aryl methyl sites for hydroxylation is 1. The van der Waals surface area contributed by atoms with Crippen LogP contribution < -0.4 is 0 Å². The van der Waals surface area contributed by atoms with Gasteiger partial charge >= 0.3 is 0 Å². The predicted octanol–water partition coefficient (Wildman–Crippen LogP) is 3.11. The van der Waals surface area contributed by atoms with Crippen molar-refractivity contribution in [3.05, 3.63) is 74.5 Å². The zero-order valence-corrected chi connectivity index (χ0v) is 16.7. The van der Waals surface area contributed by atoms with Gasteiger partial charge in [-0.2, -0.15) is 0 Å². The minimum atomic E-state index is -4.50. The highest BCUT2D eigenvalue weighted by Crippen LogP contribution is 2.33. The first-order valence-electron chi connectivity index (χ1n) is 8.46. The van der Waals surface area contributed by atoms with Crippen LogP contribution in [0.5, 0.6) is 0 Å². The molecule has 0 saturated heterocycles. The van der Waals surface area contributed by atoms with Crippen molar-refractivity contribution in [2.24, 2.45) is 0 Å². The minimum absolute atomic E-state index is 0.172. The second-order valence-corrected chi connectivity index (χ2v) is 8.14. The molecular weight excluding hydrogens is 416 g/mol. The summed E-state index contributed by atoms with van der Waals surface area (Å²) in [5, 5.41) is 21.9. The highest BCUT2D eigenvalue weighted by Gasteiger charge is 2.33. The maximum atomic E-state index is 13.2. The van der Waals surface area contributed by atoms with Gasteiger partial charge < -0.3 is 4.74 Å². The van der Waals surface area contributed by atoms with E-state index in [0.717, 1.165) is 17.7 Å². The molecule has 0 fully saturated rings. The Labute approximate surface area is 170 Å². The molecule has 0 N–H and O–H groups in total. The lowest BCUT2D eigenvalue weighted by atomic mass is 10.1. The minimum Gasteiger partial charge on any atom is -0.364 e. The Kier molecular flexibility index (Phi) is 5.62. The number of imidazole rings is 1.